The van der Waals surface area contributed by atoms with Gasteiger partial charge >= 0.3 is 6.03 Å². The van der Waals surface area contributed by atoms with Crippen LogP contribution >= 0.6 is 46.3 Å². The molecule has 1 N–H and O–H groups in total. The minimum Gasteiger partial charge on any atom is -0.307 e. The number of anilines is 1. The summed E-state index contributed by atoms with van der Waals surface area (Å²) in [6.45, 7) is 0.709. The fourth-order valence-corrected chi connectivity index (χ4v) is 4.87. The first-order chi connectivity index (χ1) is 10.2. The number of benzene rings is 1. The summed E-state index contributed by atoms with van der Waals surface area (Å²) in [5, 5.41) is 5.79. The van der Waals surface area contributed by atoms with E-state index in [9.17, 15) is 4.79 Å². The van der Waals surface area contributed by atoms with E-state index in [4.69, 9.17) is 23.2 Å². The van der Waals surface area contributed by atoms with E-state index in [0.717, 1.165) is 5.75 Å². The first-order valence-electron chi connectivity index (χ1n) is 6.33. The van der Waals surface area contributed by atoms with Gasteiger partial charge in [0, 0.05) is 17.2 Å². The second kappa shape index (κ2) is 6.48. The first kappa shape index (κ1) is 15.0. The van der Waals surface area contributed by atoms with Crippen LogP contribution in [0.25, 0.3) is 0 Å². The van der Waals surface area contributed by atoms with Crippen molar-refractivity contribution >= 4 is 58.0 Å². The maximum absolute atomic E-state index is 12.5. The fourth-order valence-electron chi connectivity index (χ4n) is 2.14. The Morgan fingerprint density at radius 2 is 2.00 bits per heavy atom. The summed E-state index contributed by atoms with van der Waals surface area (Å²) in [5.41, 5.74) is 0.465. The fraction of sp³-hybridized carbons (Fsp3) is 0.214. The largest absolute Gasteiger partial charge is 0.323 e. The molecule has 0 unspecified atom stereocenters. The van der Waals surface area contributed by atoms with Gasteiger partial charge in [0.15, 0.2) is 0 Å². The lowest BCUT2D eigenvalue weighted by Crippen LogP contribution is -2.34. The number of thioether (sulfide) groups is 1. The van der Waals surface area contributed by atoms with E-state index in [1.807, 2.05) is 16.3 Å². The molecule has 3 nitrogen and oxygen atoms in total. The van der Waals surface area contributed by atoms with Gasteiger partial charge in [-0.2, -0.15) is 0 Å². The van der Waals surface area contributed by atoms with Gasteiger partial charge in [0.05, 0.1) is 15.7 Å². The van der Waals surface area contributed by atoms with E-state index in [1.54, 1.807) is 41.3 Å². The Hall–Kier alpha value is -0.880. The number of urea groups is 1. The Labute approximate surface area is 141 Å². The Bertz CT molecular complexity index is 628. The second-order valence-corrected chi connectivity index (χ2v) is 7.44. The SMILES string of the molecule is O=C(Nc1c(Cl)cccc1Cl)N1CCS[C@@H]1c1cccs1. The second-order valence-electron chi connectivity index (χ2n) is 4.46. The molecule has 0 spiro atoms. The molecule has 21 heavy (non-hydrogen) atoms. The Morgan fingerprint density at radius 1 is 1.24 bits per heavy atom. The van der Waals surface area contributed by atoms with Gasteiger partial charge in [-0.15, -0.1) is 23.1 Å². The van der Waals surface area contributed by atoms with Crippen LogP contribution in [0.15, 0.2) is 35.7 Å². The van der Waals surface area contributed by atoms with E-state index >= 15 is 0 Å². The summed E-state index contributed by atoms with van der Waals surface area (Å²) < 4.78 is 0. The van der Waals surface area contributed by atoms with Gasteiger partial charge in [0.1, 0.15) is 5.37 Å². The van der Waals surface area contributed by atoms with Crippen LogP contribution in [0.3, 0.4) is 0 Å². The van der Waals surface area contributed by atoms with Crippen LogP contribution in [-0.2, 0) is 0 Å². The summed E-state index contributed by atoms with van der Waals surface area (Å²) in [7, 11) is 0. The molecule has 1 aromatic heterocycles. The van der Waals surface area contributed by atoms with Gasteiger partial charge in [-0.05, 0) is 23.6 Å². The molecule has 0 radical (unpaired) electrons. The third-order valence-electron chi connectivity index (χ3n) is 3.13. The van der Waals surface area contributed by atoms with Crippen molar-refractivity contribution in [2.24, 2.45) is 0 Å². The highest BCUT2D eigenvalue weighted by Gasteiger charge is 2.31. The van der Waals surface area contributed by atoms with Crippen LogP contribution in [0.1, 0.15) is 10.3 Å². The quantitative estimate of drug-likeness (QED) is 0.786. The molecule has 0 aliphatic carbocycles. The maximum atomic E-state index is 12.5. The summed E-state index contributed by atoms with van der Waals surface area (Å²) in [6, 6.07) is 9.04. The number of hydrogen-bond acceptors (Lipinski definition) is 3. The van der Waals surface area contributed by atoms with Crippen molar-refractivity contribution in [2.45, 2.75) is 5.37 Å². The van der Waals surface area contributed by atoms with Crippen LogP contribution in [0.4, 0.5) is 10.5 Å². The molecule has 110 valence electrons. The standard InChI is InChI=1S/C14H12Cl2N2OS2/c15-9-3-1-4-10(16)12(9)17-14(19)18-6-8-21-13(18)11-5-2-7-20-11/h1-5,7,13H,6,8H2,(H,17,19)/t13-/m1/s1. The lowest BCUT2D eigenvalue weighted by Gasteiger charge is -2.23. The van der Waals surface area contributed by atoms with Crippen LogP contribution < -0.4 is 5.32 Å². The lowest BCUT2D eigenvalue weighted by atomic mass is 10.3. The molecule has 2 aromatic rings. The highest BCUT2D eigenvalue weighted by Crippen LogP contribution is 2.40. The average Bonchev–Trinajstić information content (AvgIpc) is 3.12. The number of para-hydroxylation sites is 1. The number of halogens is 2. The van der Waals surface area contributed by atoms with Crippen LogP contribution in [0.5, 0.6) is 0 Å². The zero-order valence-corrected chi connectivity index (χ0v) is 14.0. The molecule has 1 aromatic carbocycles. The number of nitrogens with zero attached hydrogens (tertiary/aromatic N) is 1. The number of rotatable bonds is 2. The van der Waals surface area contributed by atoms with E-state index in [1.165, 1.54) is 4.88 Å². The van der Waals surface area contributed by atoms with Gasteiger partial charge < -0.3 is 10.2 Å². The van der Waals surface area contributed by atoms with Crippen molar-refractivity contribution in [1.82, 2.24) is 4.90 Å². The number of carbonyl (C=O) groups is 1. The molecule has 1 aliphatic heterocycles. The molecule has 1 saturated heterocycles. The van der Waals surface area contributed by atoms with Crippen molar-refractivity contribution in [1.29, 1.82) is 0 Å². The predicted molar refractivity (Wildman–Crippen MR) is 91.7 cm³/mol. The monoisotopic (exact) mass is 358 g/mol. The van der Waals surface area contributed by atoms with Crippen molar-refractivity contribution < 1.29 is 4.79 Å². The average molecular weight is 359 g/mol. The normalized spacial score (nSPS) is 18.0. The first-order valence-corrected chi connectivity index (χ1v) is 9.02. The summed E-state index contributed by atoms with van der Waals surface area (Å²) in [6.07, 6.45) is 0. The van der Waals surface area contributed by atoms with Crippen LogP contribution in [-0.4, -0.2) is 23.2 Å². The summed E-state index contributed by atoms with van der Waals surface area (Å²) in [4.78, 5) is 15.5. The van der Waals surface area contributed by atoms with Gasteiger partial charge in [-0.1, -0.05) is 35.3 Å². The van der Waals surface area contributed by atoms with Gasteiger partial charge in [0.25, 0.3) is 0 Å². The van der Waals surface area contributed by atoms with Gasteiger partial charge in [0.2, 0.25) is 0 Å². The number of thiophene rings is 1. The highest BCUT2D eigenvalue weighted by molar-refractivity contribution is 7.99. The predicted octanol–water partition coefficient (Wildman–Crippen LogP) is 5.33. The molecule has 3 rings (SSSR count). The van der Waals surface area contributed by atoms with Crippen molar-refractivity contribution in [3.05, 3.63) is 50.6 Å². The van der Waals surface area contributed by atoms with E-state index in [-0.39, 0.29) is 11.4 Å². The lowest BCUT2D eigenvalue weighted by molar-refractivity contribution is 0.215. The molecule has 1 atom stereocenters. The molecule has 1 aliphatic rings. The molecular formula is C14H12Cl2N2OS2. The zero-order valence-electron chi connectivity index (χ0n) is 10.9. The number of carbonyl (C=O) groups excluding carboxylic acids is 1. The Kier molecular flexibility index (Phi) is 4.64. The van der Waals surface area contributed by atoms with Crippen molar-refractivity contribution in [3.8, 4) is 0 Å². The van der Waals surface area contributed by atoms with Crippen molar-refractivity contribution in [3.63, 3.8) is 0 Å². The third kappa shape index (κ3) is 3.16. The van der Waals surface area contributed by atoms with Crippen molar-refractivity contribution in [2.75, 3.05) is 17.6 Å². The number of hydrogen-bond donors (Lipinski definition) is 1. The molecule has 0 saturated carbocycles. The summed E-state index contributed by atoms with van der Waals surface area (Å²) in [5.74, 6) is 0.923. The zero-order chi connectivity index (χ0) is 14.8. The van der Waals surface area contributed by atoms with Crippen LogP contribution in [0, 0.1) is 0 Å². The smallest absolute Gasteiger partial charge is 0.307 e. The highest BCUT2D eigenvalue weighted by atomic mass is 35.5. The Balaban J connectivity index is 1.79. The number of amides is 2. The topological polar surface area (TPSA) is 32.3 Å². The Morgan fingerprint density at radius 3 is 2.67 bits per heavy atom. The van der Waals surface area contributed by atoms with Gasteiger partial charge in [-0.3, -0.25) is 0 Å². The third-order valence-corrected chi connectivity index (χ3v) is 6.08. The molecule has 2 heterocycles. The summed E-state index contributed by atoms with van der Waals surface area (Å²) >= 11 is 15.6. The van der Waals surface area contributed by atoms with E-state index in [2.05, 4.69) is 11.4 Å². The maximum Gasteiger partial charge on any atom is 0.323 e. The van der Waals surface area contributed by atoms with Gasteiger partial charge in [-0.25, -0.2) is 4.79 Å². The molecule has 7 heteroatoms. The molecule has 2 amide bonds. The molecule has 1 fully saturated rings. The van der Waals surface area contributed by atoms with Crippen LogP contribution in [0.2, 0.25) is 10.0 Å². The number of nitrogens with one attached hydrogen (secondary N) is 1. The molecule has 0 bridgehead atoms. The minimum absolute atomic E-state index is 0.0614. The molecular weight excluding hydrogens is 347 g/mol. The van der Waals surface area contributed by atoms with E-state index < -0.39 is 0 Å². The minimum atomic E-state index is -0.173. The van der Waals surface area contributed by atoms with E-state index in [0.29, 0.717) is 22.3 Å².